The maximum Gasteiger partial charge on any atom is 0.335 e. The number of fused-ring (bicyclic) bond motifs is 2. The minimum atomic E-state index is -0.919. The van der Waals surface area contributed by atoms with Crippen molar-refractivity contribution >= 4 is 11.5 Å². The summed E-state index contributed by atoms with van der Waals surface area (Å²) in [4.78, 5) is 13.4. The fourth-order valence-electron chi connectivity index (χ4n) is 2.91. The van der Waals surface area contributed by atoms with Crippen LogP contribution in [0.15, 0.2) is 48.5 Å². The molecule has 1 heterocycles. The Balaban J connectivity index is 2.09. The molecule has 0 atom stereocenters. The number of rotatable bonds is 4. The van der Waals surface area contributed by atoms with Crippen molar-refractivity contribution in [3.8, 4) is 5.75 Å². The van der Waals surface area contributed by atoms with Gasteiger partial charge in [-0.15, -0.1) is 0 Å². The number of para-hydroxylation sites is 1. The Bertz CT molecular complexity index is 793. The van der Waals surface area contributed by atoms with E-state index < -0.39 is 5.97 Å². The van der Waals surface area contributed by atoms with Crippen LogP contribution < -0.4 is 4.74 Å². The molecule has 1 N–H and O–H groups in total. The second-order valence-electron chi connectivity index (χ2n) is 6.17. The standard InChI is InChI=1S/C20H21NO3/c1-21(2)11-5-7-17-16-10-9-14(20(22)23)12-15(16)13-24-19-8-4-3-6-18(17)19/h3-4,6-10,12H,5,11,13H2,1-2H3,(H,22,23)/b17-7+. The fraction of sp³-hybridized carbons (Fsp3) is 0.250. The van der Waals surface area contributed by atoms with Crippen LogP contribution in [0.1, 0.15) is 33.5 Å². The molecule has 2 aromatic rings. The van der Waals surface area contributed by atoms with Gasteiger partial charge in [0.05, 0.1) is 5.56 Å². The Labute approximate surface area is 142 Å². The highest BCUT2D eigenvalue weighted by molar-refractivity contribution is 5.90. The van der Waals surface area contributed by atoms with Gasteiger partial charge in [-0.1, -0.05) is 30.3 Å². The molecule has 124 valence electrons. The molecule has 1 aliphatic rings. The molecule has 0 aliphatic carbocycles. The highest BCUT2D eigenvalue weighted by Gasteiger charge is 2.20. The third-order valence-corrected chi connectivity index (χ3v) is 4.13. The van der Waals surface area contributed by atoms with Crippen LogP contribution in [0.4, 0.5) is 0 Å². The van der Waals surface area contributed by atoms with Gasteiger partial charge in [0.25, 0.3) is 0 Å². The Hall–Kier alpha value is -2.59. The van der Waals surface area contributed by atoms with Crippen molar-refractivity contribution < 1.29 is 14.6 Å². The zero-order chi connectivity index (χ0) is 17.1. The van der Waals surface area contributed by atoms with E-state index in [9.17, 15) is 9.90 Å². The summed E-state index contributed by atoms with van der Waals surface area (Å²) in [6.07, 6.45) is 3.13. The van der Waals surface area contributed by atoms with Crippen LogP contribution in [-0.2, 0) is 6.61 Å². The second-order valence-corrected chi connectivity index (χ2v) is 6.17. The number of carboxylic acids is 1. The molecule has 24 heavy (non-hydrogen) atoms. The van der Waals surface area contributed by atoms with Crippen molar-refractivity contribution in [2.45, 2.75) is 13.0 Å². The van der Waals surface area contributed by atoms with E-state index in [2.05, 4.69) is 31.1 Å². The van der Waals surface area contributed by atoms with Crippen LogP contribution in [0.5, 0.6) is 5.75 Å². The lowest BCUT2D eigenvalue weighted by Crippen LogP contribution is -2.12. The number of carboxylic acid groups (broad SMARTS) is 1. The summed E-state index contributed by atoms with van der Waals surface area (Å²) in [7, 11) is 4.10. The topological polar surface area (TPSA) is 49.8 Å². The smallest absolute Gasteiger partial charge is 0.335 e. The lowest BCUT2D eigenvalue weighted by molar-refractivity contribution is 0.0696. The molecule has 3 rings (SSSR count). The molecule has 0 bridgehead atoms. The van der Waals surface area contributed by atoms with Crippen molar-refractivity contribution in [1.29, 1.82) is 0 Å². The van der Waals surface area contributed by atoms with Crippen molar-refractivity contribution in [1.82, 2.24) is 4.90 Å². The minimum Gasteiger partial charge on any atom is -0.488 e. The predicted molar refractivity (Wildman–Crippen MR) is 94.4 cm³/mol. The van der Waals surface area contributed by atoms with Gasteiger partial charge in [-0.05, 0) is 55.4 Å². The normalized spacial score (nSPS) is 14.7. The minimum absolute atomic E-state index is 0.288. The fourth-order valence-corrected chi connectivity index (χ4v) is 2.91. The van der Waals surface area contributed by atoms with Crippen molar-refractivity contribution in [2.24, 2.45) is 0 Å². The van der Waals surface area contributed by atoms with Crippen molar-refractivity contribution in [2.75, 3.05) is 20.6 Å². The molecule has 0 fully saturated rings. The summed E-state index contributed by atoms with van der Waals surface area (Å²) >= 11 is 0. The summed E-state index contributed by atoms with van der Waals surface area (Å²) in [6.45, 7) is 1.33. The quantitative estimate of drug-likeness (QED) is 0.933. The average Bonchev–Trinajstić information content (AvgIpc) is 2.71. The summed E-state index contributed by atoms with van der Waals surface area (Å²) in [5.41, 5.74) is 4.40. The first-order valence-electron chi connectivity index (χ1n) is 8.00. The maximum absolute atomic E-state index is 11.3. The predicted octanol–water partition coefficient (Wildman–Crippen LogP) is 3.66. The highest BCUT2D eigenvalue weighted by Crippen LogP contribution is 2.37. The average molecular weight is 323 g/mol. The number of hydrogen-bond donors (Lipinski definition) is 1. The maximum atomic E-state index is 11.3. The first-order chi connectivity index (χ1) is 11.6. The summed E-state index contributed by atoms with van der Waals surface area (Å²) in [5.74, 6) is -0.0839. The molecule has 2 aromatic carbocycles. The molecule has 0 spiro atoms. The van der Waals surface area contributed by atoms with Crippen LogP contribution >= 0.6 is 0 Å². The van der Waals surface area contributed by atoms with E-state index in [1.54, 1.807) is 12.1 Å². The number of nitrogens with zero attached hydrogens (tertiary/aromatic N) is 1. The van der Waals surface area contributed by atoms with Crippen molar-refractivity contribution in [3.63, 3.8) is 0 Å². The Morgan fingerprint density at radius 3 is 2.75 bits per heavy atom. The van der Waals surface area contributed by atoms with Crippen molar-refractivity contribution in [3.05, 3.63) is 70.8 Å². The third-order valence-electron chi connectivity index (χ3n) is 4.13. The van der Waals surface area contributed by atoms with Crippen LogP contribution in [0.25, 0.3) is 5.57 Å². The number of hydrogen-bond acceptors (Lipinski definition) is 3. The molecular weight excluding hydrogens is 302 g/mol. The Morgan fingerprint density at radius 2 is 2.00 bits per heavy atom. The van der Waals surface area contributed by atoms with Gasteiger partial charge < -0.3 is 14.7 Å². The van der Waals surface area contributed by atoms with E-state index in [1.165, 1.54) is 0 Å². The number of ether oxygens (including phenoxy) is 1. The number of carbonyl (C=O) groups is 1. The third kappa shape index (κ3) is 3.34. The zero-order valence-corrected chi connectivity index (χ0v) is 14.0. The van der Waals surface area contributed by atoms with Crippen LogP contribution in [-0.4, -0.2) is 36.6 Å². The van der Waals surface area contributed by atoms with E-state index in [0.717, 1.165) is 41.0 Å². The number of benzene rings is 2. The first kappa shape index (κ1) is 16.3. The Kier molecular flexibility index (Phi) is 4.67. The van der Waals surface area contributed by atoms with E-state index >= 15 is 0 Å². The molecular formula is C20H21NO3. The van der Waals surface area contributed by atoms with Crippen LogP contribution in [0.2, 0.25) is 0 Å². The molecule has 0 radical (unpaired) electrons. The van der Waals surface area contributed by atoms with Gasteiger partial charge in [-0.2, -0.15) is 0 Å². The van der Waals surface area contributed by atoms with E-state index in [4.69, 9.17) is 4.74 Å². The molecule has 4 heteroatoms. The SMILES string of the molecule is CN(C)CC/C=C1\c2ccc(C(=O)O)cc2COc2ccccc21. The summed E-state index contributed by atoms with van der Waals surface area (Å²) in [6, 6.07) is 13.2. The molecule has 1 aliphatic heterocycles. The van der Waals surface area contributed by atoms with Gasteiger partial charge in [0, 0.05) is 12.1 Å². The van der Waals surface area contributed by atoms with E-state index in [-0.39, 0.29) is 5.56 Å². The molecule has 0 saturated heterocycles. The highest BCUT2D eigenvalue weighted by atomic mass is 16.5. The second kappa shape index (κ2) is 6.89. The first-order valence-corrected chi connectivity index (χ1v) is 8.00. The number of aromatic carboxylic acids is 1. The monoisotopic (exact) mass is 323 g/mol. The van der Waals surface area contributed by atoms with Crippen LogP contribution in [0.3, 0.4) is 0 Å². The lowest BCUT2D eigenvalue weighted by Gasteiger charge is -2.12. The van der Waals surface area contributed by atoms with Gasteiger partial charge in [-0.25, -0.2) is 4.79 Å². The van der Waals surface area contributed by atoms with Gasteiger partial charge >= 0.3 is 5.97 Å². The summed E-state index contributed by atoms with van der Waals surface area (Å²) in [5, 5.41) is 9.24. The molecule has 4 nitrogen and oxygen atoms in total. The van der Waals surface area contributed by atoms with Crippen LogP contribution in [0, 0.1) is 0 Å². The van der Waals surface area contributed by atoms with Gasteiger partial charge in [0.2, 0.25) is 0 Å². The molecule has 0 saturated carbocycles. The van der Waals surface area contributed by atoms with Gasteiger partial charge in [0.1, 0.15) is 12.4 Å². The van der Waals surface area contributed by atoms with E-state index in [1.807, 2.05) is 24.3 Å². The zero-order valence-electron chi connectivity index (χ0n) is 14.0. The lowest BCUT2D eigenvalue weighted by atomic mass is 9.92. The molecule has 0 amide bonds. The summed E-state index contributed by atoms with van der Waals surface area (Å²) < 4.78 is 5.92. The van der Waals surface area contributed by atoms with E-state index in [0.29, 0.717) is 6.61 Å². The largest absolute Gasteiger partial charge is 0.488 e. The molecule has 0 unspecified atom stereocenters. The Morgan fingerprint density at radius 1 is 1.21 bits per heavy atom. The van der Waals surface area contributed by atoms with Gasteiger partial charge in [0.15, 0.2) is 0 Å². The molecule has 0 aromatic heterocycles. The van der Waals surface area contributed by atoms with Gasteiger partial charge in [-0.3, -0.25) is 0 Å².